The van der Waals surface area contributed by atoms with Crippen LogP contribution >= 0.6 is 12.4 Å². The first-order chi connectivity index (χ1) is 10.5. The largest absolute Gasteiger partial charge is 0.352 e. The first-order valence-electron chi connectivity index (χ1n) is 7.61. The highest BCUT2D eigenvalue weighted by Gasteiger charge is 2.28. The minimum Gasteiger partial charge on any atom is -0.352 e. The van der Waals surface area contributed by atoms with Crippen LogP contribution in [0, 0.1) is 5.92 Å². The number of halogens is 1. The lowest BCUT2D eigenvalue weighted by molar-refractivity contribution is 0.0945. The first-order valence-corrected chi connectivity index (χ1v) is 9.10. The average Bonchev–Trinajstić information content (AvgIpc) is 2.49. The van der Waals surface area contributed by atoms with E-state index in [2.05, 4.69) is 15.4 Å². The molecule has 2 aliphatic rings. The molecule has 0 bridgehead atoms. The Bertz CT molecular complexity index is 693. The van der Waals surface area contributed by atoms with Crippen LogP contribution in [-0.4, -0.2) is 40.0 Å². The van der Waals surface area contributed by atoms with E-state index in [1.54, 1.807) is 12.1 Å². The topological polar surface area (TPSA) is 87.3 Å². The van der Waals surface area contributed by atoms with Gasteiger partial charge in [0.15, 0.2) is 0 Å². The summed E-state index contributed by atoms with van der Waals surface area (Å²) in [6.07, 6.45) is 1.51. The molecule has 8 heteroatoms. The maximum atomic E-state index is 12.6. The molecule has 0 radical (unpaired) electrons. The highest BCUT2D eigenvalue weighted by molar-refractivity contribution is 7.89. The van der Waals surface area contributed by atoms with Gasteiger partial charge in [-0.05, 0) is 49.5 Å². The monoisotopic (exact) mass is 359 g/mol. The number of hydrogen-bond donors (Lipinski definition) is 3. The zero-order chi connectivity index (χ0) is 15.7. The summed E-state index contributed by atoms with van der Waals surface area (Å²) in [6.45, 7) is 4.24. The van der Waals surface area contributed by atoms with E-state index in [0.717, 1.165) is 31.5 Å². The number of carbonyl (C=O) groups is 1. The third kappa shape index (κ3) is 3.85. The van der Waals surface area contributed by atoms with Crippen molar-refractivity contribution in [1.82, 2.24) is 15.4 Å². The molecule has 0 saturated carbocycles. The highest BCUT2D eigenvalue weighted by Crippen LogP contribution is 2.21. The van der Waals surface area contributed by atoms with Gasteiger partial charge in [0.1, 0.15) is 0 Å². The molecule has 2 atom stereocenters. The smallest absolute Gasteiger partial charge is 0.251 e. The molecule has 6 nitrogen and oxygen atoms in total. The van der Waals surface area contributed by atoms with Crippen molar-refractivity contribution in [2.75, 3.05) is 19.6 Å². The molecule has 1 fully saturated rings. The van der Waals surface area contributed by atoms with Crippen molar-refractivity contribution in [2.45, 2.75) is 30.7 Å². The van der Waals surface area contributed by atoms with E-state index in [1.807, 2.05) is 6.92 Å². The number of piperidine rings is 1. The van der Waals surface area contributed by atoms with Crippen LogP contribution in [0.2, 0.25) is 0 Å². The Morgan fingerprint density at radius 1 is 1.26 bits per heavy atom. The van der Waals surface area contributed by atoms with Crippen molar-refractivity contribution in [3.05, 3.63) is 29.3 Å². The summed E-state index contributed by atoms with van der Waals surface area (Å²) in [7, 11) is -3.61. The van der Waals surface area contributed by atoms with E-state index in [9.17, 15) is 13.2 Å². The molecule has 1 saturated heterocycles. The predicted molar refractivity (Wildman–Crippen MR) is 90.5 cm³/mol. The maximum absolute atomic E-state index is 12.6. The molecule has 1 aromatic carbocycles. The number of benzene rings is 1. The zero-order valence-corrected chi connectivity index (χ0v) is 14.6. The van der Waals surface area contributed by atoms with Crippen molar-refractivity contribution in [3.63, 3.8) is 0 Å². The van der Waals surface area contributed by atoms with E-state index in [0.29, 0.717) is 12.1 Å². The van der Waals surface area contributed by atoms with Crippen LogP contribution in [0.15, 0.2) is 23.1 Å². The van der Waals surface area contributed by atoms with Crippen LogP contribution in [0.4, 0.5) is 0 Å². The molecule has 3 N–H and O–H groups in total. The highest BCUT2D eigenvalue weighted by atomic mass is 35.5. The van der Waals surface area contributed by atoms with E-state index in [4.69, 9.17) is 0 Å². The molecule has 1 aromatic rings. The first kappa shape index (κ1) is 18.2. The Morgan fingerprint density at radius 2 is 2.04 bits per heavy atom. The molecule has 0 aromatic heterocycles. The standard InChI is InChI=1S/C15H21N3O3S.ClH/c1-10-9-16-6-5-14(10)18-22(20,21)12-3-2-11-4-7-17-15(19)13(11)8-12;/h2-3,8,10,14,16,18H,4-7,9H2,1H3,(H,17,19);1H. The van der Waals surface area contributed by atoms with Gasteiger partial charge in [0.05, 0.1) is 4.90 Å². The van der Waals surface area contributed by atoms with Crippen LogP contribution < -0.4 is 15.4 Å². The number of amides is 1. The van der Waals surface area contributed by atoms with Gasteiger partial charge in [-0.15, -0.1) is 12.4 Å². The van der Waals surface area contributed by atoms with E-state index in [1.165, 1.54) is 6.07 Å². The maximum Gasteiger partial charge on any atom is 0.251 e. The lowest BCUT2D eigenvalue weighted by Gasteiger charge is -2.30. The van der Waals surface area contributed by atoms with E-state index >= 15 is 0 Å². The Morgan fingerprint density at radius 3 is 2.78 bits per heavy atom. The number of carbonyl (C=O) groups excluding carboxylic acids is 1. The Kier molecular flexibility index (Phi) is 5.67. The molecule has 0 aliphatic carbocycles. The molecular weight excluding hydrogens is 338 g/mol. The molecule has 0 spiro atoms. The number of fused-ring (bicyclic) bond motifs is 1. The second-order valence-corrected chi connectivity index (χ2v) is 7.74. The molecular formula is C15H22ClN3O3S. The second kappa shape index (κ2) is 7.17. The van der Waals surface area contributed by atoms with Crippen molar-refractivity contribution in [1.29, 1.82) is 0 Å². The number of nitrogens with one attached hydrogen (secondary N) is 3. The quantitative estimate of drug-likeness (QED) is 0.740. The summed E-state index contributed by atoms with van der Waals surface area (Å²) >= 11 is 0. The molecule has 2 aliphatic heterocycles. The summed E-state index contributed by atoms with van der Waals surface area (Å²) < 4.78 is 27.9. The predicted octanol–water partition coefficient (Wildman–Crippen LogP) is 0.671. The van der Waals surface area contributed by atoms with Crippen molar-refractivity contribution in [3.8, 4) is 0 Å². The van der Waals surface area contributed by atoms with Gasteiger partial charge in [0.25, 0.3) is 5.91 Å². The van der Waals surface area contributed by atoms with Crippen LogP contribution in [0.3, 0.4) is 0 Å². The van der Waals surface area contributed by atoms with Gasteiger partial charge in [-0.3, -0.25) is 4.79 Å². The van der Waals surface area contributed by atoms with Crippen LogP contribution in [0.5, 0.6) is 0 Å². The Balaban J connectivity index is 0.00000192. The van der Waals surface area contributed by atoms with Gasteiger partial charge < -0.3 is 10.6 Å². The van der Waals surface area contributed by atoms with Crippen molar-refractivity contribution in [2.24, 2.45) is 5.92 Å². The van der Waals surface area contributed by atoms with Gasteiger partial charge in [-0.1, -0.05) is 13.0 Å². The summed E-state index contributed by atoms with van der Waals surface area (Å²) in [4.78, 5) is 12.0. The molecule has 3 rings (SSSR count). The summed E-state index contributed by atoms with van der Waals surface area (Å²) in [5.41, 5.74) is 1.37. The molecule has 128 valence electrons. The summed E-state index contributed by atoms with van der Waals surface area (Å²) in [5.74, 6) is 0.0398. The van der Waals surface area contributed by atoms with Crippen molar-refractivity contribution >= 4 is 28.3 Å². The molecule has 1 amide bonds. The minimum absolute atomic E-state index is 0. The third-order valence-corrected chi connectivity index (χ3v) is 5.90. The zero-order valence-electron chi connectivity index (χ0n) is 13.0. The summed E-state index contributed by atoms with van der Waals surface area (Å²) in [5, 5.41) is 5.99. The molecule has 2 heterocycles. The fourth-order valence-corrected chi connectivity index (χ4v) is 4.42. The normalized spacial score (nSPS) is 24.3. The van der Waals surface area contributed by atoms with Crippen LogP contribution in [0.1, 0.15) is 29.3 Å². The van der Waals surface area contributed by atoms with Gasteiger partial charge >= 0.3 is 0 Å². The Hall–Kier alpha value is -1.15. The Labute approximate surface area is 142 Å². The van der Waals surface area contributed by atoms with Crippen molar-refractivity contribution < 1.29 is 13.2 Å². The number of hydrogen-bond acceptors (Lipinski definition) is 4. The van der Waals surface area contributed by atoms with Gasteiger partial charge in [0, 0.05) is 18.2 Å². The SMILES string of the molecule is CC1CNCCC1NS(=O)(=O)c1ccc2c(c1)C(=O)NCC2.Cl. The second-order valence-electron chi connectivity index (χ2n) is 6.02. The fourth-order valence-electron chi connectivity index (χ4n) is 3.01. The van der Waals surface area contributed by atoms with Crippen LogP contribution in [0.25, 0.3) is 0 Å². The third-order valence-electron chi connectivity index (χ3n) is 4.41. The molecule has 23 heavy (non-hydrogen) atoms. The van der Waals surface area contributed by atoms with Gasteiger partial charge in [-0.2, -0.15) is 0 Å². The molecule has 2 unspecified atom stereocenters. The average molecular weight is 360 g/mol. The fraction of sp³-hybridized carbons (Fsp3) is 0.533. The minimum atomic E-state index is -3.61. The van der Waals surface area contributed by atoms with E-state index < -0.39 is 10.0 Å². The lowest BCUT2D eigenvalue weighted by atomic mass is 9.97. The number of sulfonamides is 1. The summed E-state index contributed by atoms with van der Waals surface area (Å²) in [6, 6.07) is 4.74. The number of rotatable bonds is 3. The lowest BCUT2D eigenvalue weighted by Crippen LogP contribution is -2.48. The van der Waals surface area contributed by atoms with Crippen LogP contribution in [-0.2, 0) is 16.4 Å². The van der Waals surface area contributed by atoms with Gasteiger partial charge in [-0.25, -0.2) is 13.1 Å². The van der Waals surface area contributed by atoms with E-state index in [-0.39, 0.29) is 35.2 Å². The van der Waals surface area contributed by atoms with Gasteiger partial charge in [0.2, 0.25) is 10.0 Å².